The smallest absolute Gasteiger partial charge is 0.248 e. The standard InChI is InChI=1S/C25H25ClN2O2S/c26-19-10-6-13-21(16-19)28(23(29)17-22-14-7-15-31-22)24(18-8-2-1-3-9-18)25(30)27-20-11-4-5-12-20/h1-3,6-10,13-16,20,24H,4-5,11-12,17H2,(H,27,30). The van der Waals surface area contributed by atoms with Gasteiger partial charge in [0, 0.05) is 21.6 Å². The van der Waals surface area contributed by atoms with E-state index in [1.165, 1.54) is 11.3 Å². The van der Waals surface area contributed by atoms with Crippen LogP contribution in [-0.2, 0) is 16.0 Å². The second kappa shape index (κ2) is 10.1. The SMILES string of the molecule is O=C(NC1CCCC1)C(c1ccccc1)N(C(=O)Cc1cccs1)c1cccc(Cl)c1. The Kier molecular flexibility index (Phi) is 7.05. The van der Waals surface area contributed by atoms with Crippen LogP contribution in [0.15, 0.2) is 72.1 Å². The molecule has 3 aromatic rings. The Morgan fingerprint density at radius 3 is 2.48 bits per heavy atom. The van der Waals surface area contributed by atoms with E-state index in [1.807, 2.05) is 53.9 Å². The number of amides is 2. The van der Waals surface area contributed by atoms with Crippen LogP contribution in [0.1, 0.15) is 42.2 Å². The van der Waals surface area contributed by atoms with Gasteiger partial charge in [-0.25, -0.2) is 0 Å². The fourth-order valence-corrected chi connectivity index (χ4v) is 4.99. The highest BCUT2D eigenvalue weighted by atomic mass is 35.5. The molecule has 160 valence electrons. The van der Waals surface area contributed by atoms with Crippen molar-refractivity contribution >= 4 is 40.4 Å². The molecular formula is C25H25ClN2O2S. The van der Waals surface area contributed by atoms with Crippen molar-refractivity contribution in [1.29, 1.82) is 0 Å². The van der Waals surface area contributed by atoms with Gasteiger partial charge in [-0.1, -0.05) is 66.9 Å². The Bertz CT molecular complexity index is 1020. The third kappa shape index (κ3) is 5.35. The average Bonchev–Trinajstić information content (AvgIpc) is 3.46. The van der Waals surface area contributed by atoms with Crippen LogP contribution in [0, 0.1) is 0 Å². The second-order valence-electron chi connectivity index (χ2n) is 7.80. The Hall–Kier alpha value is -2.63. The number of nitrogens with zero attached hydrogens (tertiary/aromatic N) is 1. The lowest BCUT2D eigenvalue weighted by atomic mass is 10.0. The molecule has 0 aliphatic heterocycles. The minimum absolute atomic E-state index is 0.139. The van der Waals surface area contributed by atoms with Gasteiger partial charge in [-0.3, -0.25) is 14.5 Å². The number of halogens is 1. The number of carbonyl (C=O) groups excluding carboxylic acids is 2. The number of hydrogen-bond donors (Lipinski definition) is 1. The number of benzene rings is 2. The summed E-state index contributed by atoms with van der Waals surface area (Å²) in [7, 11) is 0. The predicted octanol–water partition coefficient (Wildman–Crippen LogP) is 5.78. The van der Waals surface area contributed by atoms with Gasteiger partial charge in [0.1, 0.15) is 6.04 Å². The number of rotatable bonds is 7. The first-order valence-electron chi connectivity index (χ1n) is 10.6. The number of hydrogen-bond acceptors (Lipinski definition) is 3. The van der Waals surface area contributed by atoms with Crippen LogP contribution < -0.4 is 10.2 Å². The van der Waals surface area contributed by atoms with Crippen molar-refractivity contribution in [2.75, 3.05) is 4.90 Å². The van der Waals surface area contributed by atoms with E-state index in [-0.39, 0.29) is 24.3 Å². The lowest BCUT2D eigenvalue weighted by molar-refractivity contribution is -0.127. The summed E-state index contributed by atoms with van der Waals surface area (Å²) in [6.07, 6.45) is 4.43. The lowest BCUT2D eigenvalue weighted by Crippen LogP contribution is -2.46. The summed E-state index contributed by atoms with van der Waals surface area (Å²) < 4.78 is 0. The van der Waals surface area contributed by atoms with Gasteiger partial charge < -0.3 is 5.32 Å². The van der Waals surface area contributed by atoms with Gasteiger partial charge in [-0.15, -0.1) is 11.3 Å². The van der Waals surface area contributed by atoms with Crippen LogP contribution in [0.2, 0.25) is 5.02 Å². The van der Waals surface area contributed by atoms with Crippen LogP contribution in [-0.4, -0.2) is 17.9 Å². The maximum Gasteiger partial charge on any atom is 0.248 e. The van der Waals surface area contributed by atoms with E-state index < -0.39 is 6.04 Å². The molecule has 1 aliphatic carbocycles. The minimum atomic E-state index is -0.771. The van der Waals surface area contributed by atoms with Crippen molar-refractivity contribution in [3.8, 4) is 0 Å². The van der Waals surface area contributed by atoms with E-state index in [4.69, 9.17) is 11.6 Å². The van der Waals surface area contributed by atoms with E-state index in [0.29, 0.717) is 10.7 Å². The molecule has 0 spiro atoms. The lowest BCUT2D eigenvalue weighted by Gasteiger charge is -2.32. The van der Waals surface area contributed by atoms with Crippen molar-refractivity contribution in [3.63, 3.8) is 0 Å². The van der Waals surface area contributed by atoms with Crippen molar-refractivity contribution in [1.82, 2.24) is 5.32 Å². The van der Waals surface area contributed by atoms with Gasteiger partial charge in [0.15, 0.2) is 0 Å². The summed E-state index contributed by atoms with van der Waals surface area (Å²) in [4.78, 5) is 29.7. The van der Waals surface area contributed by atoms with E-state index in [2.05, 4.69) is 5.32 Å². The first-order valence-corrected chi connectivity index (χ1v) is 11.8. The zero-order chi connectivity index (χ0) is 21.6. The molecule has 6 heteroatoms. The Labute approximate surface area is 191 Å². The fourth-order valence-electron chi connectivity index (χ4n) is 4.11. The molecule has 1 aliphatic rings. The molecule has 1 unspecified atom stereocenters. The molecule has 1 fully saturated rings. The first-order chi connectivity index (χ1) is 15.1. The van der Waals surface area contributed by atoms with Gasteiger partial charge in [0.25, 0.3) is 0 Å². The fraction of sp³-hybridized carbons (Fsp3) is 0.280. The highest BCUT2D eigenvalue weighted by Crippen LogP contribution is 2.31. The molecule has 1 aromatic heterocycles. The van der Waals surface area contributed by atoms with Crippen LogP contribution in [0.25, 0.3) is 0 Å². The van der Waals surface area contributed by atoms with E-state index in [0.717, 1.165) is 36.1 Å². The van der Waals surface area contributed by atoms with Gasteiger partial charge in [0.05, 0.1) is 6.42 Å². The maximum absolute atomic E-state index is 13.6. The normalized spacial score (nSPS) is 14.9. The van der Waals surface area contributed by atoms with Gasteiger partial charge in [-0.2, -0.15) is 0 Å². The van der Waals surface area contributed by atoms with Crippen LogP contribution in [0.3, 0.4) is 0 Å². The topological polar surface area (TPSA) is 49.4 Å². The van der Waals surface area contributed by atoms with Crippen LogP contribution in [0.5, 0.6) is 0 Å². The Morgan fingerprint density at radius 2 is 1.81 bits per heavy atom. The molecule has 2 amide bonds. The third-order valence-corrected chi connectivity index (χ3v) is 6.70. The quantitative estimate of drug-likeness (QED) is 0.494. The molecule has 0 radical (unpaired) electrons. The summed E-state index contributed by atoms with van der Waals surface area (Å²) in [5.74, 6) is -0.294. The summed E-state index contributed by atoms with van der Waals surface area (Å²) in [6, 6.07) is 19.9. The molecule has 1 saturated carbocycles. The predicted molar refractivity (Wildman–Crippen MR) is 127 cm³/mol. The molecule has 31 heavy (non-hydrogen) atoms. The number of thiophene rings is 1. The zero-order valence-electron chi connectivity index (χ0n) is 17.2. The first kappa shape index (κ1) is 21.6. The molecule has 0 saturated heterocycles. The molecule has 4 rings (SSSR count). The molecule has 1 atom stereocenters. The number of anilines is 1. The van der Waals surface area contributed by atoms with Crippen molar-refractivity contribution in [2.45, 2.75) is 44.2 Å². The Balaban J connectivity index is 1.74. The van der Waals surface area contributed by atoms with E-state index >= 15 is 0 Å². The summed E-state index contributed by atoms with van der Waals surface area (Å²) >= 11 is 7.80. The third-order valence-electron chi connectivity index (χ3n) is 5.58. The molecule has 1 N–H and O–H groups in total. The molecule has 0 bridgehead atoms. The average molecular weight is 453 g/mol. The molecule has 1 heterocycles. The van der Waals surface area contributed by atoms with Gasteiger partial charge in [-0.05, 0) is 48.1 Å². The van der Waals surface area contributed by atoms with E-state index in [9.17, 15) is 9.59 Å². The van der Waals surface area contributed by atoms with Crippen molar-refractivity contribution in [2.24, 2.45) is 0 Å². The molecule has 2 aromatic carbocycles. The van der Waals surface area contributed by atoms with Gasteiger partial charge >= 0.3 is 0 Å². The van der Waals surface area contributed by atoms with Crippen molar-refractivity contribution in [3.05, 3.63) is 87.6 Å². The monoisotopic (exact) mass is 452 g/mol. The molecule has 4 nitrogen and oxygen atoms in total. The van der Waals surface area contributed by atoms with Gasteiger partial charge in [0.2, 0.25) is 11.8 Å². The highest BCUT2D eigenvalue weighted by molar-refractivity contribution is 7.10. The summed E-state index contributed by atoms with van der Waals surface area (Å²) in [5.41, 5.74) is 1.39. The maximum atomic E-state index is 13.6. The highest BCUT2D eigenvalue weighted by Gasteiger charge is 2.34. The van der Waals surface area contributed by atoms with E-state index in [1.54, 1.807) is 23.1 Å². The number of carbonyl (C=O) groups is 2. The minimum Gasteiger partial charge on any atom is -0.351 e. The van der Waals surface area contributed by atoms with Crippen LogP contribution in [0.4, 0.5) is 5.69 Å². The van der Waals surface area contributed by atoms with Crippen molar-refractivity contribution < 1.29 is 9.59 Å². The Morgan fingerprint density at radius 1 is 1.03 bits per heavy atom. The van der Waals surface area contributed by atoms with Crippen LogP contribution >= 0.6 is 22.9 Å². The largest absolute Gasteiger partial charge is 0.351 e. The number of nitrogens with one attached hydrogen (secondary N) is 1. The zero-order valence-corrected chi connectivity index (χ0v) is 18.7. The summed E-state index contributed by atoms with van der Waals surface area (Å²) in [5, 5.41) is 5.67. The summed E-state index contributed by atoms with van der Waals surface area (Å²) in [6.45, 7) is 0. The molecular weight excluding hydrogens is 428 g/mol. The second-order valence-corrected chi connectivity index (χ2v) is 9.27.